The van der Waals surface area contributed by atoms with Crippen molar-refractivity contribution in [3.63, 3.8) is 0 Å². The molecule has 2 amide bonds. The fourth-order valence-corrected chi connectivity index (χ4v) is 7.08. The van der Waals surface area contributed by atoms with Gasteiger partial charge in [0.25, 0.3) is 0 Å². The lowest BCUT2D eigenvalue weighted by molar-refractivity contribution is -0.133. The Morgan fingerprint density at radius 2 is 1.80 bits per heavy atom. The highest BCUT2D eigenvalue weighted by Gasteiger charge is 2.43. The number of hydrogen-bond donors (Lipinski definition) is 0. The molecule has 2 unspecified atom stereocenters. The fraction of sp³-hybridized carbons (Fsp3) is 0.459. The van der Waals surface area contributed by atoms with Crippen LogP contribution in [0, 0.1) is 19.8 Å². The smallest absolute Gasteiger partial charge is 0.416 e. The highest BCUT2D eigenvalue weighted by Crippen LogP contribution is 2.40. The van der Waals surface area contributed by atoms with E-state index < -0.39 is 20.3 Å². The van der Waals surface area contributed by atoms with E-state index in [9.17, 15) is 9.59 Å². The number of nitrogens with zero attached hydrogens (tertiary/aromatic N) is 4. The normalized spacial score (nSPS) is 16.9. The van der Waals surface area contributed by atoms with Crippen molar-refractivity contribution in [2.45, 2.75) is 98.1 Å². The SMILES string of the molecule is CCn1nnc2c(C)c(C(c3ccc(C)c(CO[Si](C)(C)C(C)(C)C)c3)C(C)C(=O)N3C(=O)OC[C@@H]3Cc3ccccc3)ccc21. The number of imide groups is 1. The molecule has 46 heavy (non-hydrogen) atoms. The largest absolute Gasteiger partial charge is 0.447 e. The van der Waals surface area contributed by atoms with Crippen LogP contribution in [-0.4, -0.2) is 52.9 Å². The summed E-state index contributed by atoms with van der Waals surface area (Å²) in [5.41, 5.74) is 8.04. The molecular weight excluding hydrogens is 593 g/mol. The van der Waals surface area contributed by atoms with Crippen LogP contribution in [-0.2, 0) is 33.5 Å². The summed E-state index contributed by atoms with van der Waals surface area (Å²) in [5.74, 6) is -1.16. The molecule has 0 bridgehead atoms. The lowest BCUT2D eigenvalue weighted by atomic mass is 9.78. The van der Waals surface area contributed by atoms with Gasteiger partial charge in [0.1, 0.15) is 12.1 Å². The number of carbonyl (C=O) groups excluding carboxylic acids is 2. The van der Waals surface area contributed by atoms with Gasteiger partial charge in [-0.1, -0.05) is 87.5 Å². The highest BCUT2D eigenvalue weighted by molar-refractivity contribution is 6.74. The Morgan fingerprint density at radius 3 is 2.48 bits per heavy atom. The standard InChI is InChI=1S/C37H48N4O4Si/c1-10-40-32-19-18-31(25(3)34(32)38-39-40)33(28-17-16-24(2)29(21-28)22-45-46(8,9)37(5,6)7)26(4)35(42)41-30(23-44-36(41)43)20-27-14-12-11-13-15-27/h11-19,21,26,30,33H,10,20,22-23H2,1-9H3/t26?,30-,33?/m0/s1. The summed E-state index contributed by atoms with van der Waals surface area (Å²) >= 11 is 0. The predicted octanol–water partition coefficient (Wildman–Crippen LogP) is 7.95. The number of hydrogen-bond acceptors (Lipinski definition) is 6. The molecule has 1 aromatic heterocycles. The number of aryl methyl sites for hydroxylation is 3. The van der Waals surface area contributed by atoms with Crippen LogP contribution in [0.1, 0.15) is 73.9 Å². The number of carbonyl (C=O) groups is 2. The van der Waals surface area contributed by atoms with Crippen molar-refractivity contribution < 1.29 is 18.8 Å². The van der Waals surface area contributed by atoms with Gasteiger partial charge in [-0.2, -0.15) is 0 Å². The van der Waals surface area contributed by atoms with Crippen molar-refractivity contribution in [1.82, 2.24) is 19.9 Å². The molecule has 0 N–H and O–H groups in total. The number of cyclic esters (lactones) is 1. The average Bonchev–Trinajstić information content (AvgIpc) is 3.61. The number of fused-ring (bicyclic) bond motifs is 1. The molecule has 3 atom stereocenters. The van der Waals surface area contributed by atoms with Gasteiger partial charge >= 0.3 is 6.09 Å². The van der Waals surface area contributed by atoms with Crippen LogP contribution in [0.3, 0.4) is 0 Å². The van der Waals surface area contributed by atoms with E-state index in [1.807, 2.05) is 54.9 Å². The first-order valence-electron chi connectivity index (χ1n) is 16.3. The molecule has 1 aliphatic heterocycles. The second kappa shape index (κ2) is 13.1. The predicted molar refractivity (Wildman–Crippen MR) is 184 cm³/mol. The average molecular weight is 641 g/mol. The van der Waals surface area contributed by atoms with Gasteiger partial charge < -0.3 is 9.16 Å². The molecule has 1 fully saturated rings. The van der Waals surface area contributed by atoms with E-state index >= 15 is 0 Å². The molecule has 9 heteroatoms. The Balaban J connectivity index is 1.56. The van der Waals surface area contributed by atoms with Crippen LogP contribution < -0.4 is 0 Å². The third-order valence-electron chi connectivity index (χ3n) is 10.1. The molecule has 1 saturated heterocycles. The molecule has 5 rings (SSSR count). The summed E-state index contributed by atoms with van der Waals surface area (Å²) in [7, 11) is -1.99. The van der Waals surface area contributed by atoms with Crippen molar-refractivity contribution in [1.29, 1.82) is 0 Å². The molecule has 0 saturated carbocycles. The van der Waals surface area contributed by atoms with Crippen LogP contribution in [0.2, 0.25) is 18.1 Å². The molecule has 2 heterocycles. The van der Waals surface area contributed by atoms with E-state index in [0.29, 0.717) is 19.6 Å². The first kappa shape index (κ1) is 33.5. The first-order chi connectivity index (χ1) is 21.7. The van der Waals surface area contributed by atoms with Crippen LogP contribution in [0.25, 0.3) is 11.0 Å². The molecule has 0 aliphatic carbocycles. The minimum atomic E-state index is -1.99. The topological polar surface area (TPSA) is 86.5 Å². The number of amides is 2. The van der Waals surface area contributed by atoms with Crippen LogP contribution >= 0.6 is 0 Å². The van der Waals surface area contributed by atoms with Crippen molar-refractivity contribution in [3.8, 4) is 0 Å². The molecule has 8 nitrogen and oxygen atoms in total. The van der Waals surface area contributed by atoms with E-state index in [1.165, 1.54) is 4.90 Å². The molecule has 1 aliphatic rings. The van der Waals surface area contributed by atoms with Crippen molar-refractivity contribution in [2.75, 3.05) is 6.61 Å². The summed E-state index contributed by atoms with van der Waals surface area (Å²) in [5, 5.41) is 8.97. The number of rotatable bonds is 10. The molecular formula is C37H48N4O4Si. The van der Waals surface area contributed by atoms with Gasteiger partial charge in [0.15, 0.2) is 8.32 Å². The molecule has 244 valence electrons. The van der Waals surface area contributed by atoms with Crippen molar-refractivity contribution >= 4 is 31.4 Å². The molecule has 0 spiro atoms. The van der Waals surface area contributed by atoms with Gasteiger partial charge in [-0.15, -0.1) is 5.10 Å². The van der Waals surface area contributed by atoms with E-state index in [2.05, 4.69) is 82.3 Å². The molecule has 0 radical (unpaired) electrons. The van der Waals surface area contributed by atoms with E-state index in [-0.39, 0.29) is 29.5 Å². The van der Waals surface area contributed by atoms with Gasteiger partial charge in [-0.25, -0.2) is 14.4 Å². The zero-order chi connectivity index (χ0) is 33.4. The maximum atomic E-state index is 14.5. The summed E-state index contributed by atoms with van der Waals surface area (Å²) in [6.07, 6.45) is -0.0396. The van der Waals surface area contributed by atoms with Crippen molar-refractivity contribution in [3.05, 3.63) is 94.0 Å². The van der Waals surface area contributed by atoms with Gasteiger partial charge in [-0.3, -0.25) is 4.79 Å². The van der Waals surface area contributed by atoms with Gasteiger partial charge in [-0.05, 0) is 84.8 Å². The van der Waals surface area contributed by atoms with Gasteiger partial charge in [0.2, 0.25) is 5.91 Å². The third-order valence-corrected chi connectivity index (χ3v) is 14.6. The van der Waals surface area contributed by atoms with E-state index in [1.54, 1.807) is 0 Å². The van der Waals surface area contributed by atoms with Crippen LogP contribution in [0.4, 0.5) is 4.79 Å². The Bertz CT molecular complexity index is 1730. The monoisotopic (exact) mass is 640 g/mol. The van der Waals surface area contributed by atoms with E-state index in [4.69, 9.17) is 9.16 Å². The lowest BCUT2D eigenvalue weighted by Gasteiger charge is -2.36. The second-order valence-electron chi connectivity index (χ2n) is 14.2. The fourth-order valence-electron chi connectivity index (χ4n) is 6.13. The Labute approximate surface area is 274 Å². The zero-order valence-electron chi connectivity index (χ0n) is 28.8. The highest BCUT2D eigenvalue weighted by atomic mass is 28.4. The maximum absolute atomic E-state index is 14.5. The molecule has 4 aromatic rings. The van der Waals surface area contributed by atoms with Gasteiger partial charge in [0, 0.05) is 18.4 Å². The first-order valence-corrected chi connectivity index (χ1v) is 19.2. The summed E-state index contributed by atoms with van der Waals surface area (Å²) in [6, 6.07) is 20.1. The maximum Gasteiger partial charge on any atom is 0.416 e. The number of aromatic nitrogens is 3. The minimum Gasteiger partial charge on any atom is -0.447 e. The summed E-state index contributed by atoms with van der Waals surface area (Å²) in [4.78, 5) is 28.9. The molecule has 3 aromatic carbocycles. The second-order valence-corrected chi connectivity index (χ2v) is 19.0. The van der Waals surface area contributed by atoms with Gasteiger partial charge in [0.05, 0.1) is 18.2 Å². The Kier molecular flexibility index (Phi) is 9.57. The number of benzene rings is 3. The lowest BCUT2D eigenvalue weighted by Crippen LogP contribution is -2.44. The summed E-state index contributed by atoms with van der Waals surface area (Å²) in [6.45, 7) is 20.8. The van der Waals surface area contributed by atoms with Crippen LogP contribution in [0.15, 0.2) is 60.7 Å². The summed E-state index contributed by atoms with van der Waals surface area (Å²) < 4.78 is 14.0. The minimum absolute atomic E-state index is 0.0884. The van der Waals surface area contributed by atoms with E-state index in [0.717, 1.165) is 44.4 Å². The zero-order valence-corrected chi connectivity index (χ0v) is 29.8. The van der Waals surface area contributed by atoms with Crippen molar-refractivity contribution in [2.24, 2.45) is 5.92 Å². The quantitative estimate of drug-likeness (QED) is 0.164. The number of ether oxygens (including phenoxy) is 1. The Hall–Kier alpha value is -3.82. The third kappa shape index (κ3) is 6.53. The Morgan fingerprint density at radius 1 is 1.09 bits per heavy atom. The van der Waals surface area contributed by atoms with Crippen LogP contribution in [0.5, 0.6) is 0 Å².